The smallest absolute Gasteiger partial charge is 0.238 e. The largest absolute Gasteiger partial charge is 0.329 e. The second-order valence-corrected chi connectivity index (χ2v) is 4.71. The van der Waals surface area contributed by atoms with E-state index in [1.165, 1.54) is 0 Å². The number of nitrogens with two attached hydrogens (primary N) is 1. The molecule has 0 aromatic heterocycles. The molecule has 3 N–H and O–H groups in total. The fourth-order valence-electron chi connectivity index (χ4n) is 2.38. The van der Waals surface area contributed by atoms with Gasteiger partial charge < -0.3 is 11.1 Å². The fourth-order valence-corrected chi connectivity index (χ4v) is 2.38. The average Bonchev–Trinajstić information content (AvgIpc) is 2.74. The van der Waals surface area contributed by atoms with Crippen LogP contribution < -0.4 is 11.1 Å². The van der Waals surface area contributed by atoms with Gasteiger partial charge in [-0.25, -0.2) is 8.78 Å². The van der Waals surface area contributed by atoms with Crippen molar-refractivity contribution in [3.05, 3.63) is 29.8 Å². The molecule has 1 saturated heterocycles. The Hall–Kier alpha value is -1.53. The minimum atomic E-state index is -0.712. The van der Waals surface area contributed by atoms with E-state index >= 15 is 0 Å². The van der Waals surface area contributed by atoms with Crippen LogP contribution in [-0.2, 0) is 4.79 Å². The summed E-state index contributed by atoms with van der Waals surface area (Å²) in [5, 5.41) is 2.49. The van der Waals surface area contributed by atoms with Gasteiger partial charge in [-0.15, -0.1) is 0 Å². The van der Waals surface area contributed by atoms with E-state index in [0.717, 1.165) is 37.6 Å². The molecule has 1 aliphatic heterocycles. The molecule has 0 spiro atoms. The summed E-state index contributed by atoms with van der Waals surface area (Å²) < 4.78 is 26.0. The van der Waals surface area contributed by atoms with Crippen LogP contribution in [0.5, 0.6) is 0 Å². The predicted octanol–water partition coefficient (Wildman–Crippen LogP) is 1.33. The van der Waals surface area contributed by atoms with Crippen molar-refractivity contribution in [3.8, 4) is 0 Å². The van der Waals surface area contributed by atoms with E-state index in [-0.39, 0.29) is 24.2 Å². The first-order valence-electron chi connectivity index (χ1n) is 6.28. The van der Waals surface area contributed by atoms with Gasteiger partial charge in [0.1, 0.15) is 11.6 Å². The number of anilines is 1. The number of likely N-dealkylation sites (tertiary alicyclic amines) is 1. The van der Waals surface area contributed by atoms with Gasteiger partial charge in [0.15, 0.2) is 0 Å². The number of rotatable bonds is 4. The third-order valence-electron chi connectivity index (χ3n) is 3.26. The summed E-state index contributed by atoms with van der Waals surface area (Å²) in [4.78, 5) is 13.8. The van der Waals surface area contributed by atoms with Crippen molar-refractivity contribution < 1.29 is 13.6 Å². The first-order valence-corrected chi connectivity index (χ1v) is 6.28. The van der Waals surface area contributed by atoms with Crippen LogP contribution in [0.3, 0.4) is 0 Å². The number of halogens is 2. The van der Waals surface area contributed by atoms with Gasteiger partial charge in [0.2, 0.25) is 5.91 Å². The molecule has 104 valence electrons. The molecular formula is C13H17F2N3O. The van der Waals surface area contributed by atoms with Crippen LogP contribution in [0.4, 0.5) is 14.5 Å². The molecule has 0 bridgehead atoms. The van der Waals surface area contributed by atoms with Gasteiger partial charge in [-0.2, -0.15) is 0 Å². The molecule has 1 unspecified atom stereocenters. The van der Waals surface area contributed by atoms with Crippen LogP contribution in [0, 0.1) is 11.6 Å². The molecule has 0 aliphatic carbocycles. The molecule has 0 saturated carbocycles. The first-order chi connectivity index (χ1) is 9.08. The Kier molecular flexibility index (Phi) is 4.44. The Balaban J connectivity index is 1.93. The Bertz CT molecular complexity index is 447. The maximum atomic E-state index is 13.0. The summed E-state index contributed by atoms with van der Waals surface area (Å²) in [5.41, 5.74) is 5.75. The van der Waals surface area contributed by atoms with E-state index in [1.807, 2.05) is 4.90 Å². The number of nitrogens with one attached hydrogen (secondary N) is 1. The van der Waals surface area contributed by atoms with Crippen LogP contribution in [0.2, 0.25) is 0 Å². The van der Waals surface area contributed by atoms with Gasteiger partial charge in [0.05, 0.1) is 6.54 Å². The van der Waals surface area contributed by atoms with E-state index in [2.05, 4.69) is 5.32 Å². The highest BCUT2D eigenvalue weighted by Crippen LogP contribution is 2.16. The fraction of sp³-hybridized carbons (Fsp3) is 0.462. The zero-order valence-corrected chi connectivity index (χ0v) is 10.5. The zero-order valence-electron chi connectivity index (χ0n) is 10.5. The minimum Gasteiger partial charge on any atom is -0.329 e. The van der Waals surface area contributed by atoms with Crippen LogP contribution in [-0.4, -0.2) is 36.5 Å². The molecule has 0 radical (unpaired) electrons. The number of nitrogens with zero attached hydrogens (tertiary/aromatic N) is 1. The summed E-state index contributed by atoms with van der Waals surface area (Å²) in [6.45, 7) is 1.54. The summed E-state index contributed by atoms with van der Waals surface area (Å²) in [6, 6.07) is 3.16. The van der Waals surface area contributed by atoms with Gasteiger partial charge in [-0.05, 0) is 31.5 Å². The summed E-state index contributed by atoms with van der Waals surface area (Å²) in [6.07, 6.45) is 2.00. The molecule has 1 heterocycles. The number of hydrogen-bond acceptors (Lipinski definition) is 3. The second-order valence-electron chi connectivity index (χ2n) is 4.71. The van der Waals surface area contributed by atoms with E-state index in [0.29, 0.717) is 6.54 Å². The number of carbonyl (C=O) groups excluding carboxylic acids is 1. The van der Waals surface area contributed by atoms with Crippen molar-refractivity contribution in [1.82, 2.24) is 4.90 Å². The first kappa shape index (κ1) is 13.9. The molecule has 1 amide bonds. The van der Waals surface area contributed by atoms with Crippen molar-refractivity contribution in [2.75, 3.05) is 25.0 Å². The van der Waals surface area contributed by atoms with Gasteiger partial charge >= 0.3 is 0 Å². The lowest BCUT2D eigenvalue weighted by Gasteiger charge is -2.22. The van der Waals surface area contributed by atoms with E-state index in [4.69, 9.17) is 5.73 Å². The highest BCUT2D eigenvalue weighted by Gasteiger charge is 2.24. The highest BCUT2D eigenvalue weighted by molar-refractivity contribution is 5.92. The molecule has 1 aromatic rings. The second kappa shape index (κ2) is 6.08. The number of amides is 1. The molecule has 19 heavy (non-hydrogen) atoms. The molecular weight excluding hydrogens is 252 g/mol. The molecule has 1 atom stereocenters. The highest BCUT2D eigenvalue weighted by atomic mass is 19.1. The van der Waals surface area contributed by atoms with Gasteiger partial charge in [0, 0.05) is 24.3 Å². The van der Waals surface area contributed by atoms with Crippen molar-refractivity contribution >= 4 is 11.6 Å². The van der Waals surface area contributed by atoms with Gasteiger partial charge in [-0.1, -0.05) is 0 Å². The zero-order chi connectivity index (χ0) is 13.8. The summed E-state index contributed by atoms with van der Waals surface area (Å²) in [7, 11) is 0. The van der Waals surface area contributed by atoms with Crippen molar-refractivity contribution in [1.29, 1.82) is 0 Å². The number of carbonyl (C=O) groups is 1. The third-order valence-corrected chi connectivity index (χ3v) is 3.26. The maximum Gasteiger partial charge on any atom is 0.238 e. The van der Waals surface area contributed by atoms with Crippen LogP contribution in [0.15, 0.2) is 18.2 Å². The average molecular weight is 269 g/mol. The topological polar surface area (TPSA) is 58.4 Å². The Morgan fingerprint density at radius 1 is 1.37 bits per heavy atom. The quantitative estimate of drug-likeness (QED) is 0.867. The third kappa shape index (κ3) is 3.71. The summed E-state index contributed by atoms with van der Waals surface area (Å²) in [5.74, 6) is -1.71. The lowest BCUT2D eigenvalue weighted by atomic mass is 10.2. The van der Waals surface area contributed by atoms with Crippen molar-refractivity contribution in [2.24, 2.45) is 5.73 Å². The molecule has 1 fully saturated rings. The van der Waals surface area contributed by atoms with E-state index in [1.54, 1.807) is 0 Å². The lowest BCUT2D eigenvalue weighted by molar-refractivity contribution is -0.117. The normalized spacial score (nSPS) is 19.6. The minimum absolute atomic E-state index is 0.131. The maximum absolute atomic E-state index is 13.0. The summed E-state index contributed by atoms with van der Waals surface area (Å²) >= 11 is 0. The Morgan fingerprint density at radius 3 is 2.68 bits per heavy atom. The van der Waals surface area contributed by atoms with Crippen LogP contribution in [0.25, 0.3) is 0 Å². The molecule has 4 nitrogen and oxygen atoms in total. The molecule has 1 aromatic carbocycles. The van der Waals surface area contributed by atoms with Gasteiger partial charge in [0.25, 0.3) is 0 Å². The van der Waals surface area contributed by atoms with Crippen LogP contribution in [0.1, 0.15) is 12.8 Å². The lowest BCUT2D eigenvalue weighted by Crippen LogP contribution is -2.40. The standard InChI is InChI=1S/C13H17F2N3O/c14-9-4-10(15)6-11(5-9)17-13(19)8-18-3-1-2-12(18)7-16/h4-6,12H,1-3,7-8,16H2,(H,17,19). The Labute approximate surface area is 110 Å². The van der Waals surface area contributed by atoms with Crippen molar-refractivity contribution in [2.45, 2.75) is 18.9 Å². The molecule has 1 aliphatic rings. The number of hydrogen-bond donors (Lipinski definition) is 2. The van der Waals surface area contributed by atoms with E-state index in [9.17, 15) is 13.6 Å². The SMILES string of the molecule is NCC1CCCN1CC(=O)Nc1cc(F)cc(F)c1. The van der Waals surface area contributed by atoms with Crippen molar-refractivity contribution in [3.63, 3.8) is 0 Å². The molecule has 2 rings (SSSR count). The predicted molar refractivity (Wildman–Crippen MR) is 68.6 cm³/mol. The molecule has 6 heteroatoms. The van der Waals surface area contributed by atoms with E-state index < -0.39 is 11.6 Å². The number of benzene rings is 1. The van der Waals surface area contributed by atoms with Crippen LogP contribution >= 0.6 is 0 Å². The van der Waals surface area contributed by atoms with Gasteiger partial charge in [-0.3, -0.25) is 9.69 Å². The monoisotopic (exact) mass is 269 g/mol. The Morgan fingerprint density at radius 2 is 2.05 bits per heavy atom.